The van der Waals surface area contributed by atoms with Crippen molar-refractivity contribution in [1.82, 2.24) is 9.55 Å². The highest BCUT2D eigenvalue weighted by Gasteiger charge is 2.29. The lowest BCUT2D eigenvalue weighted by molar-refractivity contribution is 0.324. The van der Waals surface area contributed by atoms with Crippen LogP contribution in [-0.2, 0) is 16.4 Å². The Balaban J connectivity index is 1.77. The van der Waals surface area contributed by atoms with Crippen LogP contribution >= 0.6 is 0 Å². The number of nitrogens with zero attached hydrogens (tertiary/aromatic N) is 2. The Bertz CT molecular complexity index is 1190. The van der Waals surface area contributed by atoms with E-state index in [4.69, 9.17) is 0 Å². The van der Waals surface area contributed by atoms with E-state index in [0.717, 1.165) is 36.0 Å². The van der Waals surface area contributed by atoms with Crippen LogP contribution in [0, 0.1) is 5.82 Å². The number of pyridine rings is 1. The Kier molecular flexibility index (Phi) is 5.12. The molecule has 2 heterocycles. The fourth-order valence-corrected chi connectivity index (χ4v) is 4.43. The summed E-state index contributed by atoms with van der Waals surface area (Å²) in [6, 6.07) is 9.39. The number of sulfonamides is 1. The van der Waals surface area contributed by atoms with Gasteiger partial charge in [-0.2, -0.15) is 0 Å². The summed E-state index contributed by atoms with van der Waals surface area (Å²) in [6.45, 7) is 6.96. The van der Waals surface area contributed by atoms with Gasteiger partial charge in [0.2, 0.25) is 10.0 Å². The number of hydrogen-bond donors (Lipinski definition) is 1. The lowest BCUT2D eigenvalue weighted by Gasteiger charge is -2.30. The van der Waals surface area contributed by atoms with Crippen molar-refractivity contribution >= 4 is 26.6 Å². The average molecular weight is 430 g/mol. The normalized spacial score (nSPS) is 15.4. The van der Waals surface area contributed by atoms with Crippen LogP contribution in [0.15, 0.2) is 36.5 Å². The molecule has 3 aromatic rings. The molecule has 7 heteroatoms. The summed E-state index contributed by atoms with van der Waals surface area (Å²) >= 11 is 0. The maximum absolute atomic E-state index is 14.8. The van der Waals surface area contributed by atoms with Gasteiger partial charge in [0.15, 0.2) is 0 Å². The molecule has 0 aliphatic heterocycles. The monoisotopic (exact) mass is 429 g/mol. The molecule has 1 saturated carbocycles. The van der Waals surface area contributed by atoms with Crippen LogP contribution in [0.25, 0.3) is 22.3 Å². The fourth-order valence-electron chi connectivity index (χ4n) is 3.69. The summed E-state index contributed by atoms with van der Waals surface area (Å²) < 4.78 is 43.5. The van der Waals surface area contributed by atoms with Gasteiger partial charge >= 0.3 is 0 Å². The van der Waals surface area contributed by atoms with Crippen LogP contribution in [0.1, 0.15) is 58.6 Å². The molecule has 1 aliphatic carbocycles. The van der Waals surface area contributed by atoms with Crippen molar-refractivity contribution in [1.29, 1.82) is 0 Å². The van der Waals surface area contributed by atoms with Gasteiger partial charge in [0.05, 0.1) is 33.5 Å². The second kappa shape index (κ2) is 7.38. The molecule has 1 N–H and O–H groups in total. The predicted molar refractivity (Wildman–Crippen MR) is 120 cm³/mol. The van der Waals surface area contributed by atoms with Crippen molar-refractivity contribution in [2.45, 2.75) is 64.2 Å². The van der Waals surface area contributed by atoms with E-state index in [2.05, 4.69) is 20.3 Å². The highest BCUT2D eigenvalue weighted by atomic mass is 32.2. The third-order valence-electron chi connectivity index (χ3n) is 5.90. The van der Waals surface area contributed by atoms with Gasteiger partial charge in [-0.15, -0.1) is 0 Å². The van der Waals surface area contributed by atoms with Gasteiger partial charge in [-0.3, -0.25) is 9.71 Å². The van der Waals surface area contributed by atoms with E-state index in [-0.39, 0.29) is 5.82 Å². The maximum Gasteiger partial charge on any atom is 0.237 e. The number of halogens is 1. The first-order valence-electron chi connectivity index (χ1n) is 10.4. The Labute approximate surface area is 177 Å². The molecule has 0 unspecified atom stereocenters. The van der Waals surface area contributed by atoms with Crippen LogP contribution in [0.3, 0.4) is 0 Å². The van der Waals surface area contributed by atoms with Crippen molar-refractivity contribution in [3.8, 4) is 11.4 Å². The Hall–Kier alpha value is -2.41. The lowest BCUT2D eigenvalue weighted by atomic mass is 9.92. The van der Waals surface area contributed by atoms with E-state index < -0.39 is 14.8 Å². The number of aryl methyl sites for hydroxylation is 1. The molecule has 30 heavy (non-hydrogen) atoms. The van der Waals surface area contributed by atoms with Gasteiger partial charge in [0, 0.05) is 11.4 Å². The number of fused-ring (bicyclic) bond motifs is 1. The van der Waals surface area contributed by atoms with E-state index in [1.165, 1.54) is 12.6 Å². The molecule has 0 spiro atoms. The molecule has 160 valence electrons. The second-order valence-corrected chi connectivity index (χ2v) is 11.4. The molecular weight excluding hydrogens is 401 g/mol. The number of anilines is 1. The molecule has 0 radical (unpaired) electrons. The fraction of sp³-hybridized carbons (Fsp3) is 0.435. The molecule has 0 bridgehead atoms. The van der Waals surface area contributed by atoms with Gasteiger partial charge in [-0.25, -0.2) is 12.8 Å². The Morgan fingerprint density at radius 2 is 1.93 bits per heavy atom. The van der Waals surface area contributed by atoms with Crippen molar-refractivity contribution in [3.63, 3.8) is 0 Å². The molecule has 1 fully saturated rings. The minimum absolute atomic E-state index is 0.210. The number of aromatic nitrogens is 2. The van der Waals surface area contributed by atoms with Crippen LogP contribution < -0.4 is 4.72 Å². The Morgan fingerprint density at radius 1 is 1.20 bits per heavy atom. The molecule has 2 aromatic heterocycles. The van der Waals surface area contributed by atoms with Gasteiger partial charge < -0.3 is 4.57 Å². The smallest absolute Gasteiger partial charge is 0.237 e. The zero-order valence-electron chi connectivity index (χ0n) is 17.9. The summed E-state index contributed by atoms with van der Waals surface area (Å²) in [5.74, 6) is -0.210. The van der Waals surface area contributed by atoms with Crippen LogP contribution in [0.5, 0.6) is 0 Å². The predicted octanol–water partition coefficient (Wildman–Crippen LogP) is 5.67. The largest absolute Gasteiger partial charge is 0.336 e. The van der Waals surface area contributed by atoms with Crippen LogP contribution in [0.2, 0.25) is 0 Å². The van der Waals surface area contributed by atoms with Gasteiger partial charge in [-0.1, -0.05) is 6.92 Å². The van der Waals surface area contributed by atoms with Gasteiger partial charge in [-0.05, 0) is 82.3 Å². The molecule has 1 aromatic carbocycles. The van der Waals surface area contributed by atoms with E-state index >= 15 is 0 Å². The number of nitrogens with one attached hydrogen (secondary N) is 1. The molecule has 1 aliphatic rings. The van der Waals surface area contributed by atoms with Gasteiger partial charge in [0.25, 0.3) is 0 Å². The van der Waals surface area contributed by atoms with E-state index in [1.54, 1.807) is 39.0 Å². The third-order valence-corrected chi connectivity index (χ3v) is 8.02. The minimum atomic E-state index is -3.52. The zero-order valence-corrected chi connectivity index (χ0v) is 18.7. The van der Waals surface area contributed by atoms with Crippen molar-refractivity contribution in [3.05, 3.63) is 47.9 Å². The first-order valence-corrected chi connectivity index (χ1v) is 11.9. The molecule has 0 saturated heterocycles. The summed E-state index contributed by atoms with van der Waals surface area (Å²) in [5, 5.41) is 0.605. The topological polar surface area (TPSA) is 64.0 Å². The Morgan fingerprint density at radius 3 is 2.47 bits per heavy atom. The van der Waals surface area contributed by atoms with E-state index in [1.807, 2.05) is 13.0 Å². The minimum Gasteiger partial charge on any atom is -0.336 e. The highest BCUT2D eigenvalue weighted by molar-refractivity contribution is 7.94. The summed E-state index contributed by atoms with van der Waals surface area (Å²) in [7, 11) is -3.52. The first-order chi connectivity index (χ1) is 14.1. The van der Waals surface area contributed by atoms with Crippen molar-refractivity contribution in [2.75, 3.05) is 4.72 Å². The standard InChI is InChI=1S/C23H28FN3O2S/c1-5-15-11-19(24)18-13-22(27(21(18)12-15)17-7-6-8-17)20-10-9-16(14-25-20)26-30(28,29)23(2,3)4/h9-14,17,26H,5-8H2,1-4H3. The molecule has 5 nitrogen and oxygen atoms in total. The van der Waals surface area contributed by atoms with E-state index in [0.29, 0.717) is 22.8 Å². The number of hydrogen-bond acceptors (Lipinski definition) is 3. The number of rotatable bonds is 5. The molecule has 0 atom stereocenters. The quantitative estimate of drug-likeness (QED) is 0.568. The third kappa shape index (κ3) is 3.60. The SMILES string of the molecule is CCc1cc(F)c2cc(-c3ccc(NS(=O)(=O)C(C)(C)C)cn3)n(C3CCC3)c2c1. The summed E-state index contributed by atoms with van der Waals surface area (Å²) in [6.07, 6.45) is 5.60. The number of benzene rings is 1. The summed E-state index contributed by atoms with van der Waals surface area (Å²) in [5.41, 5.74) is 3.87. The van der Waals surface area contributed by atoms with E-state index in [9.17, 15) is 12.8 Å². The molecular formula is C23H28FN3O2S. The van der Waals surface area contributed by atoms with Crippen molar-refractivity contribution in [2.24, 2.45) is 0 Å². The average Bonchev–Trinajstić information content (AvgIpc) is 2.99. The zero-order chi connectivity index (χ0) is 21.7. The van der Waals surface area contributed by atoms with Gasteiger partial charge in [0.1, 0.15) is 5.82 Å². The van der Waals surface area contributed by atoms with Crippen molar-refractivity contribution < 1.29 is 12.8 Å². The maximum atomic E-state index is 14.8. The molecule has 4 rings (SSSR count). The second-order valence-electron chi connectivity index (χ2n) is 9.00. The van der Waals surface area contributed by atoms with Crippen LogP contribution in [0.4, 0.5) is 10.1 Å². The lowest BCUT2D eigenvalue weighted by Crippen LogP contribution is -2.33. The summed E-state index contributed by atoms with van der Waals surface area (Å²) in [4.78, 5) is 4.51. The highest BCUT2D eigenvalue weighted by Crippen LogP contribution is 2.40. The molecule has 0 amide bonds. The first kappa shape index (κ1) is 20.8. The van der Waals surface area contributed by atoms with Crippen LogP contribution in [-0.4, -0.2) is 22.7 Å².